The molecular formula is C16H14Cl2N2O3S. The summed E-state index contributed by atoms with van der Waals surface area (Å²) >= 11 is 16.9. The normalized spacial score (nSPS) is 10.0. The van der Waals surface area contributed by atoms with Crippen LogP contribution in [0.5, 0.6) is 11.5 Å². The first-order valence-electron chi connectivity index (χ1n) is 6.73. The van der Waals surface area contributed by atoms with Gasteiger partial charge in [-0.25, -0.2) is 0 Å². The van der Waals surface area contributed by atoms with Crippen molar-refractivity contribution in [1.82, 2.24) is 5.32 Å². The Bertz CT molecular complexity index is 762. The molecule has 2 rings (SSSR count). The van der Waals surface area contributed by atoms with Crippen LogP contribution >= 0.6 is 35.4 Å². The molecule has 2 aromatic carbocycles. The summed E-state index contributed by atoms with van der Waals surface area (Å²) in [6, 6.07) is 9.77. The number of carbonyl (C=O) groups is 1. The molecule has 0 aliphatic carbocycles. The van der Waals surface area contributed by atoms with Crippen LogP contribution in [0.3, 0.4) is 0 Å². The van der Waals surface area contributed by atoms with Gasteiger partial charge >= 0.3 is 0 Å². The van der Waals surface area contributed by atoms with Crippen molar-refractivity contribution < 1.29 is 14.3 Å². The summed E-state index contributed by atoms with van der Waals surface area (Å²) in [4.78, 5) is 12.3. The minimum Gasteiger partial charge on any atom is -0.497 e. The van der Waals surface area contributed by atoms with Gasteiger partial charge in [0.2, 0.25) is 0 Å². The van der Waals surface area contributed by atoms with Gasteiger partial charge in [0.05, 0.1) is 24.3 Å². The monoisotopic (exact) mass is 384 g/mol. The Morgan fingerprint density at radius 1 is 1.00 bits per heavy atom. The number of halogens is 2. The lowest BCUT2D eigenvalue weighted by atomic mass is 10.2. The summed E-state index contributed by atoms with van der Waals surface area (Å²) in [5, 5.41) is 6.38. The molecule has 8 heteroatoms. The van der Waals surface area contributed by atoms with Crippen LogP contribution in [-0.2, 0) is 0 Å². The third-order valence-electron chi connectivity index (χ3n) is 3.02. The van der Waals surface area contributed by atoms with Crippen LogP contribution in [0.15, 0.2) is 36.4 Å². The number of hydrogen-bond donors (Lipinski definition) is 2. The van der Waals surface area contributed by atoms with E-state index in [2.05, 4.69) is 10.6 Å². The summed E-state index contributed by atoms with van der Waals surface area (Å²) in [7, 11) is 3.01. The Kier molecular flexibility index (Phi) is 6.25. The van der Waals surface area contributed by atoms with E-state index in [4.69, 9.17) is 44.9 Å². The predicted molar refractivity (Wildman–Crippen MR) is 99.7 cm³/mol. The van der Waals surface area contributed by atoms with Gasteiger partial charge in [-0.1, -0.05) is 23.2 Å². The first-order chi connectivity index (χ1) is 11.4. The quantitative estimate of drug-likeness (QED) is 0.775. The van der Waals surface area contributed by atoms with E-state index in [1.807, 2.05) is 0 Å². The molecule has 0 aromatic heterocycles. The molecule has 0 fully saturated rings. The summed E-state index contributed by atoms with van der Waals surface area (Å²) in [6.07, 6.45) is 0. The number of thiocarbonyl (C=S) groups is 1. The average molecular weight is 385 g/mol. The molecule has 0 unspecified atom stereocenters. The van der Waals surface area contributed by atoms with Gasteiger partial charge in [0.25, 0.3) is 5.91 Å². The van der Waals surface area contributed by atoms with Crippen molar-refractivity contribution in [1.29, 1.82) is 0 Å². The molecule has 2 N–H and O–H groups in total. The van der Waals surface area contributed by atoms with E-state index >= 15 is 0 Å². The van der Waals surface area contributed by atoms with Gasteiger partial charge in [-0.05, 0) is 42.5 Å². The fourth-order valence-corrected chi connectivity index (χ4v) is 2.36. The van der Waals surface area contributed by atoms with Crippen LogP contribution in [0.2, 0.25) is 10.0 Å². The van der Waals surface area contributed by atoms with E-state index in [-0.39, 0.29) is 5.11 Å². The van der Waals surface area contributed by atoms with Gasteiger partial charge in [-0.15, -0.1) is 0 Å². The summed E-state index contributed by atoms with van der Waals surface area (Å²) in [5.41, 5.74) is 0.961. The Hall–Kier alpha value is -2.02. The molecule has 5 nitrogen and oxygen atoms in total. The largest absolute Gasteiger partial charge is 0.497 e. The third kappa shape index (κ3) is 4.74. The van der Waals surface area contributed by atoms with Crippen molar-refractivity contribution >= 4 is 52.1 Å². The van der Waals surface area contributed by atoms with Crippen LogP contribution in [0.1, 0.15) is 10.4 Å². The summed E-state index contributed by atoms with van der Waals surface area (Å²) < 4.78 is 10.3. The second kappa shape index (κ2) is 8.19. The fourth-order valence-electron chi connectivity index (χ4n) is 1.85. The SMILES string of the molecule is COc1cc(OC)cc(C(=O)NC(=S)Nc2ccc(Cl)c(Cl)c2)c1. The topological polar surface area (TPSA) is 59.6 Å². The maximum absolute atomic E-state index is 12.3. The summed E-state index contributed by atoms with van der Waals surface area (Å²) in [5.74, 6) is 0.607. The number of anilines is 1. The van der Waals surface area contributed by atoms with E-state index in [0.717, 1.165) is 0 Å². The number of hydrogen-bond acceptors (Lipinski definition) is 4. The van der Waals surface area contributed by atoms with Crippen molar-refractivity contribution in [3.8, 4) is 11.5 Å². The minimum atomic E-state index is -0.398. The molecular weight excluding hydrogens is 371 g/mol. The molecule has 0 spiro atoms. The molecule has 0 aliphatic heterocycles. The zero-order chi connectivity index (χ0) is 17.7. The molecule has 0 atom stereocenters. The zero-order valence-corrected chi connectivity index (χ0v) is 15.2. The standard InChI is InChI=1S/C16H14Cl2N2O3S/c1-22-11-5-9(6-12(8-11)23-2)15(21)20-16(24)19-10-3-4-13(17)14(18)7-10/h3-8H,1-2H3,(H2,19,20,21,24). The van der Waals surface area contributed by atoms with Crippen molar-refractivity contribution in [2.45, 2.75) is 0 Å². The van der Waals surface area contributed by atoms with E-state index in [1.54, 1.807) is 36.4 Å². The van der Waals surface area contributed by atoms with Gasteiger partial charge in [0.15, 0.2) is 5.11 Å². The summed E-state index contributed by atoms with van der Waals surface area (Å²) in [6.45, 7) is 0. The highest BCUT2D eigenvalue weighted by Gasteiger charge is 2.12. The van der Waals surface area contributed by atoms with Gasteiger partial charge in [0, 0.05) is 17.3 Å². The van der Waals surface area contributed by atoms with Crippen LogP contribution in [0.4, 0.5) is 5.69 Å². The Balaban J connectivity index is 2.08. The second-order valence-corrected chi connectivity index (χ2v) is 5.86. The van der Waals surface area contributed by atoms with E-state index in [1.165, 1.54) is 14.2 Å². The lowest BCUT2D eigenvalue weighted by molar-refractivity contribution is 0.0977. The molecule has 0 heterocycles. The second-order valence-electron chi connectivity index (χ2n) is 4.64. The first-order valence-corrected chi connectivity index (χ1v) is 7.90. The van der Waals surface area contributed by atoms with Crippen LogP contribution in [0, 0.1) is 0 Å². The fraction of sp³-hybridized carbons (Fsp3) is 0.125. The lowest BCUT2D eigenvalue weighted by Gasteiger charge is -2.12. The highest BCUT2D eigenvalue weighted by atomic mass is 35.5. The molecule has 0 saturated heterocycles. The smallest absolute Gasteiger partial charge is 0.257 e. The van der Waals surface area contributed by atoms with Crippen molar-refractivity contribution in [2.75, 3.05) is 19.5 Å². The van der Waals surface area contributed by atoms with Crippen LogP contribution in [0.25, 0.3) is 0 Å². The Morgan fingerprint density at radius 3 is 2.17 bits per heavy atom. The number of carbonyl (C=O) groups excluding carboxylic acids is 1. The molecule has 0 saturated carbocycles. The van der Waals surface area contributed by atoms with Crippen molar-refractivity contribution in [3.63, 3.8) is 0 Å². The van der Waals surface area contributed by atoms with Crippen molar-refractivity contribution in [2.24, 2.45) is 0 Å². The van der Waals surface area contributed by atoms with Crippen LogP contribution in [-0.4, -0.2) is 25.2 Å². The Labute approximate surface area is 154 Å². The molecule has 1 amide bonds. The highest BCUT2D eigenvalue weighted by molar-refractivity contribution is 7.80. The minimum absolute atomic E-state index is 0.125. The zero-order valence-electron chi connectivity index (χ0n) is 12.9. The van der Waals surface area contributed by atoms with E-state index in [0.29, 0.717) is 32.8 Å². The lowest BCUT2D eigenvalue weighted by Crippen LogP contribution is -2.34. The van der Waals surface area contributed by atoms with Gasteiger partial charge in [-0.3, -0.25) is 10.1 Å². The molecule has 0 radical (unpaired) electrons. The predicted octanol–water partition coefficient (Wildman–Crippen LogP) is 4.14. The van der Waals surface area contributed by atoms with E-state index < -0.39 is 5.91 Å². The molecule has 126 valence electrons. The molecule has 0 aliphatic rings. The van der Waals surface area contributed by atoms with Gasteiger partial charge in [-0.2, -0.15) is 0 Å². The van der Waals surface area contributed by atoms with E-state index in [9.17, 15) is 4.79 Å². The van der Waals surface area contributed by atoms with Crippen molar-refractivity contribution in [3.05, 3.63) is 52.0 Å². The molecule has 24 heavy (non-hydrogen) atoms. The maximum atomic E-state index is 12.3. The first kappa shape index (κ1) is 18.3. The third-order valence-corrected chi connectivity index (χ3v) is 3.96. The van der Waals surface area contributed by atoms with Gasteiger partial charge < -0.3 is 14.8 Å². The number of ether oxygens (including phenoxy) is 2. The number of amides is 1. The number of benzene rings is 2. The van der Waals surface area contributed by atoms with Gasteiger partial charge in [0.1, 0.15) is 11.5 Å². The maximum Gasteiger partial charge on any atom is 0.257 e. The number of methoxy groups -OCH3 is 2. The van der Waals surface area contributed by atoms with Crippen LogP contribution < -0.4 is 20.1 Å². The number of nitrogens with one attached hydrogen (secondary N) is 2. The highest BCUT2D eigenvalue weighted by Crippen LogP contribution is 2.25. The molecule has 2 aromatic rings. The average Bonchev–Trinajstić information content (AvgIpc) is 2.57. The Morgan fingerprint density at radius 2 is 1.62 bits per heavy atom. The molecule has 0 bridgehead atoms. The number of rotatable bonds is 4.